The molecule has 0 fully saturated rings. The number of nitrogens with one attached hydrogen (secondary N) is 3. The highest BCUT2D eigenvalue weighted by atomic mass is 19.1. The summed E-state index contributed by atoms with van der Waals surface area (Å²) in [6.07, 6.45) is 0. The molecule has 9 heteroatoms. The number of carbonyl (C=O) groups is 2. The zero-order valence-corrected chi connectivity index (χ0v) is 20.6. The molecule has 3 N–H and O–H groups in total. The van der Waals surface area contributed by atoms with Gasteiger partial charge in [-0.15, -0.1) is 0 Å². The fraction of sp³-hybridized carbons (Fsp3) is 0.179. The third kappa shape index (κ3) is 4.61. The first-order valence-electron chi connectivity index (χ1n) is 11.7. The minimum atomic E-state index is -0.673. The lowest BCUT2D eigenvalue weighted by molar-refractivity contribution is 0.0965. The van der Waals surface area contributed by atoms with Crippen LogP contribution in [0.25, 0.3) is 22.5 Å². The Labute approximate surface area is 212 Å². The number of aromatic amines is 1. The number of hydrogen-bond donors (Lipinski definition) is 3. The van der Waals surface area contributed by atoms with E-state index in [2.05, 4.69) is 15.6 Å². The van der Waals surface area contributed by atoms with Crippen LogP contribution in [0.1, 0.15) is 37.7 Å². The maximum Gasteiger partial charge on any atom is 0.258 e. The number of amides is 2. The molecule has 0 saturated carbocycles. The van der Waals surface area contributed by atoms with Gasteiger partial charge < -0.3 is 20.5 Å². The number of hydrogen-bond acceptors (Lipinski definition) is 4. The zero-order chi connectivity index (χ0) is 26.3. The summed E-state index contributed by atoms with van der Waals surface area (Å²) >= 11 is 0. The molecule has 1 aromatic heterocycles. The van der Waals surface area contributed by atoms with E-state index in [1.165, 1.54) is 30.3 Å². The summed E-state index contributed by atoms with van der Waals surface area (Å²) in [7, 11) is 3.91. The van der Waals surface area contributed by atoms with Crippen LogP contribution in [-0.4, -0.2) is 40.8 Å². The number of anilines is 1. The Morgan fingerprint density at radius 2 is 1.76 bits per heavy atom. The average Bonchev–Trinajstić information content (AvgIpc) is 3.41. The van der Waals surface area contributed by atoms with Crippen LogP contribution in [-0.2, 0) is 13.1 Å². The molecule has 0 radical (unpaired) electrons. The topological polar surface area (TPSA) is 90.1 Å². The molecule has 0 atom stereocenters. The molecule has 2 heterocycles. The quantitative estimate of drug-likeness (QED) is 0.351. The number of nitrogens with zero attached hydrogens (tertiary/aromatic N) is 2. The molecule has 1 aliphatic rings. The molecule has 1 aliphatic heterocycles. The first-order chi connectivity index (χ1) is 17.7. The first-order valence-corrected chi connectivity index (χ1v) is 11.7. The van der Waals surface area contributed by atoms with Crippen LogP contribution in [0.5, 0.6) is 0 Å². The van der Waals surface area contributed by atoms with E-state index in [1.54, 1.807) is 24.3 Å². The summed E-state index contributed by atoms with van der Waals surface area (Å²) in [6, 6.07) is 13.4. The van der Waals surface area contributed by atoms with Gasteiger partial charge in [0, 0.05) is 35.6 Å². The molecule has 0 saturated heterocycles. The van der Waals surface area contributed by atoms with Gasteiger partial charge in [-0.3, -0.25) is 9.59 Å². The predicted molar refractivity (Wildman–Crippen MR) is 137 cm³/mol. The largest absolute Gasteiger partial charge is 0.348 e. The predicted octanol–water partition coefficient (Wildman–Crippen LogP) is 4.89. The molecule has 188 valence electrons. The Kier molecular flexibility index (Phi) is 6.31. The average molecular weight is 502 g/mol. The van der Waals surface area contributed by atoms with E-state index in [-0.39, 0.29) is 29.3 Å². The molecular weight excluding hydrogens is 476 g/mol. The van der Waals surface area contributed by atoms with Gasteiger partial charge in [-0.1, -0.05) is 18.2 Å². The minimum Gasteiger partial charge on any atom is -0.348 e. The molecule has 0 aliphatic carbocycles. The van der Waals surface area contributed by atoms with Crippen molar-refractivity contribution in [1.82, 2.24) is 20.2 Å². The fourth-order valence-electron chi connectivity index (χ4n) is 4.53. The Balaban J connectivity index is 1.49. The Morgan fingerprint density at radius 1 is 1.03 bits per heavy atom. The second kappa shape index (κ2) is 9.59. The number of imidazole rings is 1. The molecule has 37 heavy (non-hydrogen) atoms. The van der Waals surface area contributed by atoms with Crippen LogP contribution in [0, 0.1) is 18.6 Å². The van der Waals surface area contributed by atoms with Gasteiger partial charge in [-0.2, -0.15) is 0 Å². The summed E-state index contributed by atoms with van der Waals surface area (Å²) in [5.74, 6) is -1.58. The van der Waals surface area contributed by atoms with Gasteiger partial charge in [0.15, 0.2) is 0 Å². The van der Waals surface area contributed by atoms with E-state index < -0.39 is 17.5 Å². The normalized spacial score (nSPS) is 12.5. The highest BCUT2D eigenvalue weighted by Gasteiger charge is 2.28. The molecule has 5 rings (SSSR count). The van der Waals surface area contributed by atoms with E-state index in [0.29, 0.717) is 34.6 Å². The maximum absolute atomic E-state index is 15.3. The van der Waals surface area contributed by atoms with E-state index in [0.717, 1.165) is 11.4 Å². The van der Waals surface area contributed by atoms with E-state index in [4.69, 9.17) is 4.98 Å². The van der Waals surface area contributed by atoms with Crippen LogP contribution >= 0.6 is 0 Å². The minimum absolute atomic E-state index is 0.133. The highest BCUT2D eigenvalue weighted by molar-refractivity contribution is 6.06. The lowest BCUT2D eigenvalue weighted by atomic mass is 9.92. The van der Waals surface area contributed by atoms with Crippen molar-refractivity contribution < 1.29 is 18.4 Å². The van der Waals surface area contributed by atoms with Crippen molar-refractivity contribution in [1.29, 1.82) is 0 Å². The molecule has 0 bridgehead atoms. The van der Waals surface area contributed by atoms with E-state index in [9.17, 15) is 14.0 Å². The van der Waals surface area contributed by atoms with Gasteiger partial charge in [0.1, 0.15) is 17.5 Å². The van der Waals surface area contributed by atoms with Crippen molar-refractivity contribution in [2.24, 2.45) is 0 Å². The summed E-state index contributed by atoms with van der Waals surface area (Å²) in [4.78, 5) is 35.2. The fourth-order valence-corrected chi connectivity index (χ4v) is 4.53. The van der Waals surface area contributed by atoms with Crippen molar-refractivity contribution in [3.8, 4) is 22.5 Å². The van der Waals surface area contributed by atoms with E-state index >= 15 is 4.39 Å². The summed E-state index contributed by atoms with van der Waals surface area (Å²) in [5, 5.41) is 5.36. The Bertz CT molecular complexity index is 1540. The first kappa shape index (κ1) is 24.3. The number of aryl methyl sites for hydroxylation is 1. The van der Waals surface area contributed by atoms with Crippen molar-refractivity contribution in [3.05, 3.63) is 94.3 Å². The van der Waals surface area contributed by atoms with Crippen LogP contribution in [0.3, 0.4) is 0 Å². The van der Waals surface area contributed by atoms with Crippen molar-refractivity contribution in [3.63, 3.8) is 0 Å². The van der Waals surface area contributed by atoms with Crippen molar-refractivity contribution in [2.45, 2.75) is 20.0 Å². The van der Waals surface area contributed by atoms with Gasteiger partial charge >= 0.3 is 0 Å². The van der Waals surface area contributed by atoms with Gasteiger partial charge in [-0.05, 0) is 68.5 Å². The van der Waals surface area contributed by atoms with Crippen molar-refractivity contribution >= 4 is 17.5 Å². The van der Waals surface area contributed by atoms with Gasteiger partial charge in [0.25, 0.3) is 11.8 Å². The Morgan fingerprint density at radius 3 is 2.49 bits per heavy atom. The lowest BCUT2D eigenvalue weighted by Gasteiger charge is -2.13. The smallest absolute Gasteiger partial charge is 0.258 e. The number of H-pyrrole nitrogens is 1. The van der Waals surface area contributed by atoms with Crippen LogP contribution in [0.2, 0.25) is 0 Å². The van der Waals surface area contributed by atoms with Gasteiger partial charge in [0.2, 0.25) is 0 Å². The summed E-state index contributed by atoms with van der Waals surface area (Å²) in [6.45, 7) is 2.85. The van der Waals surface area contributed by atoms with Crippen LogP contribution in [0.15, 0.2) is 54.6 Å². The number of aromatic nitrogens is 2. The zero-order valence-electron chi connectivity index (χ0n) is 20.6. The number of halogens is 2. The summed E-state index contributed by atoms with van der Waals surface area (Å²) in [5.41, 5.74) is 4.49. The van der Waals surface area contributed by atoms with E-state index in [1.807, 2.05) is 25.9 Å². The molecule has 0 unspecified atom stereocenters. The van der Waals surface area contributed by atoms with Crippen molar-refractivity contribution in [2.75, 3.05) is 19.4 Å². The molecular formula is C28H25F2N5O2. The number of rotatable bonds is 6. The molecule has 3 aromatic carbocycles. The highest BCUT2D eigenvalue weighted by Crippen LogP contribution is 2.37. The third-order valence-electron chi connectivity index (χ3n) is 6.31. The third-order valence-corrected chi connectivity index (χ3v) is 6.31. The summed E-state index contributed by atoms with van der Waals surface area (Å²) < 4.78 is 29.2. The second-order valence-corrected chi connectivity index (χ2v) is 9.22. The Hall–Kier alpha value is -4.37. The standard InChI is InChI=1S/C28H25F2N5O2/c1-15-24(14-35(2)3)34-26(32-15)20-11-10-17(21-13-31-28(37)25(20)21)18-9-8-16(12-23(18)30)33-27(36)19-6-4-5-7-22(19)29/h4-12H,13-14H2,1-3H3,(H,31,37)(H,32,34)(H,33,36). The van der Waals surface area contributed by atoms with Crippen LogP contribution < -0.4 is 10.6 Å². The van der Waals surface area contributed by atoms with Gasteiger partial charge in [0.05, 0.1) is 16.8 Å². The molecule has 2 amide bonds. The molecule has 4 aromatic rings. The number of benzene rings is 3. The monoisotopic (exact) mass is 501 g/mol. The van der Waals surface area contributed by atoms with Gasteiger partial charge in [-0.25, -0.2) is 13.8 Å². The second-order valence-electron chi connectivity index (χ2n) is 9.22. The molecule has 0 spiro atoms. The SMILES string of the molecule is Cc1[nH]c(-c2ccc(-c3ccc(NC(=O)c4ccccc4F)cc3F)c3c2C(=O)NC3)nc1CN(C)C. The lowest BCUT2D eigenvalue weighted by Crippen LogP contribution is -2.13. The molecule has 7 nitrogen and oxygen atoms in total. The maximum atomic E-state index is 15.3. The number of fused-ring (bicyclic) bond motifs is 1. The van der Waals surface area contributed by atoms with Crippen LogP contribution in [0.4, 0.5) is 14.5 Å². The number of carbonyl (C=O) groups excluding carboxylic acids is 2.